The van der Waals surface area contributed by atoms with Gasteiger partial charge in [-0.25, -0.2) is 4.98 Å². The minimum Gasteiger partial charge on any atom is -0.368 e. The molecule has 27 heavy (non-hydrogen) atoms. The molecule has 8 nitrogen and oxygen atoms in total. The minimum absolute atomic E-state index is 0.0297. The molecule has 0 bridgehead atoms. The number of nitrogens with zero attached hydrogens (tertiary/aromatic N) is 5. The molecule has 0 saturated carbocycles. The van der Waals surface area contributed by atoms with Crippen molar-refractivity contribution in [3.8, 4) is 0 Å². The normalized spacial score (nSPS) is 14.8. The fraction of sp³-hybridized carbons (Fsp3) is 0.368. The van der Waals surface area contributed by atoms with Crippen LogP contribution in [0, 0.1) is 13.8 Å². The Balaban J connectivity index is 1.51. The summed E-state index contributed by atoms with van der Waals surface area (Å²) in [6, 6.07) is 5.72. The van der Waals surface area contributed by atoms with Gasteiger partial charge >= 0.3 is 0 Å². The highest BCUT2D eigenvalue weighted by atomic mass is 16.2. The molecule has 1 aliphatic heterocycles. The molecule has 1 aromatic carbocycles. The number of aromatic nitrogens is 4. The van der Waals surface area contributed by atoms with Crippen molar-refractivity contribution in [2.45, 2.75) is 13.8 Å². The maximum Gasteiger partial charge on any atom is 0.260 e. The van der Waals surface area contributed by atoms with E-state index >= 15 is 0 Å². The Kier molecular flexibility index (Phi) is 4.18. The molecule has 140 valence electrons. The maximum atomic E-state index is 12.8. The molecule has 4 rings (SSSR count). The number of nitrogens with one attached hydrogen (secondary N) is 1. The van der Waals surface area contributed by atoms with E-state index in [2.05, 4.69) is 20.1 Å². The Morgan fingerprint density at radius 1 is 1.15 bits per heavy atom. The van der Waals surface area contributed by atoms with Crippen LogP contribution in [-0.4, -0.2) is 56.7 Å². The number of hydrogen-bond donors (Lipinski definition) is 1. The van der Waals surface area contributed by atoms with E-state index in [9.17, 15) is 9.59 Å². The Morgan fingerprint density at radius 3 is 2.56 bits per heavy atom. The van der Waals surface area contributed by atoms with E-state index < -0.39 is 0 Å². The molecule has 1 amide bonds. The van der Waals surface area contributed by atoms with Gasteiger partial charge in [0.25, 0.3) is 11.5 Å². The van der Waals surface area contributed by atoms with Crippen LogP contribution in [0.3, 0.4) is 0 Å². The zero-order chi connectivity index (χ0) is 19.1. The SMILES string of the molecule is Cc1n[nH]c(C)c1C(=O)N1CCN(c2ccc3c(=O)n(C)cnc3c2)CC1. The van der Waals surface area contributed by atoms with Crippen molar-refractivity contribution < 1.29 is 4.79 Å². The molecule has 1 fully saturated rings. The third-order valence-corrected chi connectivity index (χ3v) is 5.18. The Hall–Kier alpha value is -3.16. The zero-order valence-corrected chi connectivity index (χ0v) is 15.7. The molecule has 0 radical (unpaired) electrons. The smallest absolute Gasteiger partial charge is 0.260 e. The van der Waals surface area contributed by atoms with Crippen LogP contribution < -0.4 is 10.5 Å². The van der Waals surface area contributed by atoms with Gasteiger partial charge in [-0.15, -0.1) is 0 Å². The molecular formula is C19H22N6O2. The predicted octanol–water partition coefficient (Wildman–Crippen LogP) is 1.24. The number of carbonyl (C=O) groups excluding carboxylic acids is 1. The first-order valence-corrected chi connectivity index (χ1v) is 8.97. The first kappa shape index (κ1) is 17.3. The number of carbonyl (C=O) groups is 1. The van der Waals surface area contributed by atoms with Crippen molar-refractivity contribution in [1.29, 1.82) is 0 Å². The highest BCUT2D eigenvalue weighted by molar-refractivity contribution is 5.96. The van der Waals surface area contributed by atoms with Crippen molar-refractivity contribution in [2.24, 2.45) is 7.05 Å². The zero-order valence-electron chi connectivity index (χ0n) is 15.7. The van der Waals surface area contributed by atoms with Gasteiger partial charge in [0.15, 0.2) is 0 Å². The average Bonchev–Trinajstić information content (AvgIpc) is 3.02. The van der Waals surface area contributed by atoms with Gasteiger partial charge in [0.2, 0.25) is 0 Å². The minimum atomic E-state index is -0.0483. The summed E-state index contributed by atoms with van der Waals surface area (Å²) in [6.45, 7) is 6.47. The molecule has 8 heteroatoms. The summed E-state index contributed by atoms with van der Waals surface area (Å²) in [5.74, 6) is 0.0297. The number of fused-ring (bicyclic) bond motifs is 1. The number of hydrogen-bond acceptors (Lipinski definition) is 5. The summed E-state index contributed by atoms with van der Waals surface area (Å²) < 4.78 is 1.48. The van der Waals surface area contributed by atoms with Crippen molar-refractivity contribution in [1.82, 2.24) is 24.6 Å². The number of anilines is 1. The largest absolute Gasteiger partial charge is 0.368 e. The van der Waals surface area contributed by atoms with E-state index in [-0.39, 0.29) is 11.5 Å². The van der Waals surface area contributed by atoms with E-state index in [1.54, 1.807) is 13.4 Å². The molecule has 0 atom stereocenters. The van der Waals surface area contributed by atoms with E-state index in [0.29, 0.717) is 29.6 Å². The van der Waals surface area contributed by atoms with Crippen molar-refractivity contribution in [3.05, 3.63) is 51.8 Å². The third-order valence-electron chi connectivity index (χ3n) is 5.18. The van der Waals surface area contributed by atoms with E-state index in [4.69, 9.17) is 0 Å². The van der Waals surface area contributed by atoms with Crippen LogP contribution in [-0.2, 0) is 7.05 Å². The number of aryl methyl sites for hydroxylation is 3. The van der Waals surface area contributed by atoms with Gasteiger partial charge in [0, 0.05) is 44.6 Å². The molecule has 3 aromatic rings. The fourth-order valence-corrected chi connectivity index (χ4v) is 3.59. The quantitative estimate of drug-likeness (QED) is 0.737. The Morgan fingerprint density at radius 2 is 1.89 bits per heavy atom. The number of rotatable bonds is 2. The first-order chi connectivity index (χ1) is 13.0. The monoisotopic (exact) mass is 366 g/mol. The topological polar surface area (TPSA) is 87.1 Å². The van der Waals surface area contributed by atoms with Crippen LogP contribution in [0.2, 0.25) is 0 Å². The van der Waals surface area contributed by atoms with Crippen molar-refractivity contribution in [2.75, 3.05) is 31.1 Å². The van der Waals surface area contributed by atoms with E-state index in [1.165, 1.54) is 4.57 Å². The van der Waals surface area contributed by atoms with Crippen LogP contribution in [0.4, 0.5) is 5.69 Å². The second kappa shape index (κ2) is 6.53. The van der Waals surface area contributed by atoms with Gasteiger partial charge in [0.05, 0.1) is 28.5 Å². The lowest BCUT2D eigenvalue weighted by Crippen LogP contribution is -2.49. The molecule has 0 spiro atoms. The van der Waals surface area contributed by atoms with Crippen molar-refractivity contribution >= 4 is 22.5 Å². The number of benzene rings is 1. The number of piperazine rings is 1. The van der Waals surface area contributed by atoms with Crippen LogP contribution in [0.1, 0.15) is 21.7 Å². The summed E-state index contributed by atoms with van der Waals surface area (Å²) in [6.07, 6.45) is 1.54. The second-order valence-electron chi connectivity index (χ2n) is 6.95. The Bertz CT molecular complexity index is 1060. The predicted molar refractivity (Wildman–Crippen MR) is 103 cm³/mol. The van der Waals surface area contributed by atoms with Crippen LogP contribution in [0.25, 0.3) is 10.9 Å². The average molecular weight is 366 g/mol. The van der Waals surface area contributed by atoms with Gasteiger partial charge in [-0.2, -0.15) is 5.10 Å². The maximum absolute atomic E-state index is 12.8. The lowest BCUT2D eigenvalue weighted by molar-refractivity contribution is 0.0745. The number of H-pyrrole nitrogens is 1. The van der Waals surface area contributed by atoms with Crippen LogP contribution >= 0.6 is 0 Å². The van der Waals surface area contributed by atoms with E-state index in [1.807, 2.05) is 36.9 Å². The first-order valence-electron chi connectivity index (χ1n) is 8.97. The summed E-state index contributed by atoms with van der Waals surface area (Å²) in [4.78, 5) is 33.4. The lowest BCUT2D eigenvalue weighted by Gasteiger charge is -2.36. The summed E-state index contributed by atoms with van der Waals surface area (Å²) in [5, 5.41) is 7.61. The van der Waals surface area contributed by atoms with Gasteiger partial charge in [0.1, 0.15) is 0 Å². The number of aromatic amines is 1. The summed E-state index contributed by atoms with van der Waals surface area (Å²) in [7, 11) is 1.70. The second-order valence-corrected chi connectivity index (χ2v) is 6.95. The molecule has 2 aromatic heterocycles. The summed E-state index contributed by atoms with van der Waals surface area (Å²) >= 11 is 0. The number of amides is 1. The standard InChI is InChI=1S/C19H22N6O2/c1-12-17(13(2)22-21-12)19(27)25-8-6-24(7-9-25)14-4-5-15-16(10-14)20-11-23(3)18(15)26/h4-5,10-11H,6-9H2,1-3H3,(H,21,22). The molecule has 0 unspecified atom stereocenters. The van der Waals surface area contributed by atoms with Crippen LogP contribution in [0.15, 0.2) is 29.3 Å². The van der Waals surface area contributed by atoms with Gasteiger partial charge in [-0.05, 0) is 32.0 Å². The highest BCUT2D eigenvalue weighted by Crippen LogP contribution is 2.21. The lowest BCUT2D eigenvalue weighted by atomic mass is 10.1. The molecule has 1 N–H and O–H groups in total. The fourth-order valence-electron chi connectivity index (χ4n) is 3.59. The molecule has 1 aliphatic rings. The van der Waals surface area contributed by atoms with Crippen molar-refractivity contribution in [3.63, 3.8) is 0 Å². The summed E-state index contributed by atoms with van der Waals surface area (Å²) in [5.41, 5.74) is 3.89. The molecular weight excluding hydrogens is 344 g/mol. The Labute approximate surface area is 156 Å². The highest BCUT2D eigenvalue weighted by Gasteiger charge is 2.25. The molecule has 0 aliphatic carbocycles. The third kappa shape index (κ3) is 2.97. The molecule has 3 heterocycles. The van der Waals surface area contributed by atoms with E-state index in [0.717, 1.165) is 30.2 Å². The van der Waals surface area contributed by atoms with Crippen LogP contribution in [0.5, 0.6) is 0 Å². The molecule has 1 saturated heterocycles. The van der Waals surface area contributed by atoms with Gasteiger partial charge < -0.3 is 14.4 Å². The van der Waals surface area contributed by atoms with Gasteiger partial charge in [-0.3, -0.25) is 14.7 Å². The van der Waals surface area contributed by atoms with Gasteiger partial charge in [-0.1, -0.05) is 0 Å².